The molecule has 0 spiro atoms. The molecule has 0 radical (unpaired) electrons. The van der Waals surface area contributed by atoms with E-state index in [1.807, 2.05) is 13.8 Å². The van der Waals surface area contributed by atoms with Gasteiger partial charge in [-0.15, -0.1) is 0 Å². The van der Waals surface area contributed by atoms with Crippen LogP contribution in [0.1, 0.15) is 110 Å². The number of nitrogens with one attached hydrogen (secondary N) is 4. The minimum atomic E-state index is 0.0283. The van der Waals surface area contributed by atoms with Crippen LogP contribution in [0.4, 0.5) is 0 Å². The Morgan fingerprint density at radius 1 is 0.458 bits per heavy atom. The van der Waals surface area contributed by atoms with E-state index in [1.54, 1.807) is 0 Å². The van der Waals surface area contributed by atoms with Crippen LogP contribution in [-0.4, -0.2) is 108 Å². The third-order valence-electron chi connectivity index (χ3n) is 6.87. The summed E-state index contributed by atoms with van der Waals surface area (Å²) < 4.78 is 16.5. The van der Waals surface area contributed by atoms with Crippen molar-refractivity contribution in [1.82, 2.24) is 21.3 Å². The highest BCUT2D eigenvalue weighted by Crippen LogP contribution is 2.02. The Morgan fingerprint density at radius 2 is 0.833 bits per heavy atom. The van der Waals surface area contributed by atoms with E-state index in [2.05, 4.69) is 26.4 Å². The lowest BCUT2D eigenvalue weighted by atomic mass is 10.1. The molecule has 0 unspecified atom stereocenters. The average Bonchev–Trinajstić information content (AvgIpc) is 3.06. The molecule has 0 aromatic carbocycles. The van der Waals surface area contributed by atoms with E-state index in [0.29, 0.717) is 111 Å². The Morgan fingerprint density at radius 3 is 1.25 bits per heavy atom. The molecular formula is C34H66N6O8. The van der Waals surface area contributed by atoms with Crippen LogP contribution in [-0.2, 0) is 38.2 Å². The first kappa shape index (κ1) is 45.2. The lowest BCUT2D eigenvalue weighted by molar-refractivity contribution is -0.122. The largest absolute Gasteiger partial charge is 0.396 e. The summed E-state index contributed by atoms with van der Waals surface area (Å²) in [7, 11) is 0. The van der Waals surface area contributed by atoms with E-state index in [0.717, 1.165) is 69.9 Å². The van der Waals surface area contributed by atoms with Crippen molar-refractivity contribution < 1.29 is 38.2 Å². The quantitative estimate of drug-likeness (QED) is 0.0379. The van der Waals surface area contributed by atoms with Crippen LogP contribution in [0.25, 0.3) is 0 Å². The molecule has 48 heavy (non-hydrogen) atoms. The highest BCUT2D eigenvalue weighted by molar-refractivity contribution is 5.78. The first-order valence-electron chi connectivity index (χ1n) is 18.0. The normalized spacial score (nSPS) is 10.7. The molecule has 0 aromatic heterocycles. The van der Waals surface area contributed by atoms with Gasteiger partial charge in [-0.05, 0) is 78.2 Å². The summed E-state index contributed by atoms with van der Waals surface area (Å²) in [5, 5.41) is 15.5. The van der Waals surface area contributed by atoms with Gasteiger partial charge in [-0.2, -0.15) is 0 Å². The minimum absolute atomic E-state index is 0.0283. The van der Waals surface area contributed by atoms with Gasteiger partial charge in [-0.3, -0.25) is 19.2 Å². The number of hydrogen-bond acceptors (Lipinski definition) is 10. The number of unbranched alkanes of at least 4 members (excludes halogenated alkanes) is 5. The van der Waals surface area contributed by atoms with E-state index in [9.17, 15) is 19.2 Å². The van der Waals surface area contributed by atoms with Gasteiger partial charge in [-0.1, -0.05) is 18.0 Å². The Kier molecular flexibility index (Phi) is 33.4. The summed E-state index contributed by atoms with van der Waals surface area (Å²) in [5.41, 5.74) is 6.25. The van der Waals surface area contributed by atoms with E-state index < -0.39 is 0 Å². The molecule has 280 valence electrons. The van der Waals surface area contributed by atoms with Crippen molar-refractivity contribution in [3.05, 3.63) is 0 Å². The van der Waals surface area contributed by atoms with Crippen LogP contribution >= 0.6 is 0 Å². The molecule has 0 bridgehead atoms. The lowest BCUT2D eigenvalue weighted by Crippen LogP contribution is -2.26. The SMILES string of the molecule is CC(C)=NOCCCCC(=O)NCCCCCC(=O)NCCCCCC(=O)NCCCOCCOCCOCCCNC(=O)CCCN. The molecule has 0 aromatic rings. The van der Waals surface area contributed by atoms with Crippen LogP contribution in [0.15, 0.2) is 5.16 Å². The van der Waals surface area contributed by atoms with Crippen molar-refractivity contribution in [3.8, 4) is 0 Å². The number of carbonyl (C=O) groups is 4. The minimum Gasteiger partial charge on any atom is -0.396 e. The molecule has 6 N–H and O–H groups in total. The highest BCUT2D eigenvalue weighted by atomic mass is 16.6. The lowest BCUT2D eigenvalue weighted by Gasteiger charge is -2.08. The zero-order chi connectivity index (χ0) is 35.3. The van der Waals surface area contributed by atoms with Gasteiger partial charge >= 0.3 is 0 Å². The van der Waals surface area contributed by atoms with Gasteiger partial charge < -0.3 is 46.0 Å². The van der Waals surface area contributed by atoms with Crippen LogP contribution in [0.2, 0.25) is 0 Å². The molecule has 0 saturated carbocycles. The fourth-order valence-corrected chi connectivity index (χ4v) is 4.22. The van der Waals surface area contributed by atoms with Gasteiger partial charge in [0.2, 0.25) is 23.6 Å². The smallest absolute Gasteiger partial charge is 0.220 e. The van der Waals surface area contributed by atoms with E-state index in [-0.39, 0.29) is 23.6 Å². The van der Waals surface area contributed by atoms with Crippen molar-refractivity contribution >= 4 is 29.3 Å². The van der Waals surface area contributed by atoms with Gasteiger partial charge in [0.15, 0.2) is 0 Å². The van der Waals surface area contributed by atoms with Crippen molar-refractivity contribution in [2.45, 2.75) is 110 Å². The first-order valence-corrected chi connectivity index (χ1v) is 18.0. The maximum Gasteiger partial charge on any atom is 0.220 e. The third-order valence-corrected chi connectivity index (χ3v) is 6.87. The number of ether oxygens (including phenoxy) is 3. The topological polar surface area (TPSA) is 192 Å². The van der Waals surface area contributed by atoms with Gasteiger partial charge in [0.25, 0.3) is 0 Å². The maximum atomic E-state index is 12.0. The second-order valence-electron chi connectivity index (χ2n) is 11.8. The van der Waals surface area contributed by atoms with E-state index in [4.69, 9.17) is 24.8 Å². The highest BCUT2D eigenvalue weighted by Gasteiger charge is 2.04. The first-order chi connectivity index (χ1) is 23.3. The maximum absolute atomic E-state index is 12.0. The van der Waals surface area contributed by atoms with Gasteiger partial charge in [0.05, 0.1) is 32.1 Å². The van der Waals surface area contributed by atoms with E-state index in [1.165, 1.54) is 0 Å². The van der Waals surface area contributed by atoms with Gasteiger partial charge in [-0.25, -0.2) is 0 Å². The summed E-state index contributed by atoms with van der Waals surface area (Å²) >= 11 is 0. The summed E-state index contributed by atoms with van der Waals surface area (Å²) in [6.07, 6.45) is 10.8. The summed E-state index contributed by atoms with van der Waals surface area (Å²) in [5.74, 6) is 0.166. The molecule has 14 nitrogen and oxygen atoms in total. The molecule has 0 aliphatic heterocycles. The molecule has 4 amide bonds. The molecule has 14 heteroatoms. The standard InChI is InChI=1S/C34H66N6O8/c1-30(2)40-48-25-10-7-16-33(43)37-20-9-3-5-14-31(41)36-19-8-4-6-15-32(42)38-21-12-23-45-26-28-47-29-27-46-24-13-22-39-34(44)17-11-18-35/h3-29,35H2,1-2H3,(H,36,41)(H,37,43)(H,38,42)(H,39,44). The van der Waals surface area contributed by atoms with Crippen LogP contribution in [0.5, 0.6) is 0 Å². The molecule has 0 rings (SSSR count). The van der Waals surface area contributed by atoms with Crippen LogP contribution < -0.4 is 27.0 Å². The van der Waals surface area contributed by atoms with Crippen LogP contribution in [0, 0.1) is 0 Å². The molecule has 0 aliphatic rings. The summed E-state index contributed by atoms with van der Waals surface area (Å²) in [4.78, 5) is 52.4. The molecular weight excluding hydrogens is 620 g/mol. The fraction of sp³-hybridized carbons (Fsp3) is 0.853. The predicted molar refractivity (Wildman–Crippen MR) is 188 cm³/mol. The number of nitrogens with two attached hydrogens (primary N) is 1. The average molecular weight is 687 g/mol. The number of rotatable bonds is 35. The Labute approximate surface area is 288 Å². The number of hydrogen-bond donors (Lipinski definition) is 5. The second-order valence-corrected chi connectivity index (χ2v) is 11.8. The summed E-state index contributed by atoms with van der Waals surface area (Å²) in [6.45, 7) is 10.3. The second kappa shape index (κ2) is 35.5. The van der Waals surface area contributed by atoms with Crippen molar-refractivity contribution in [2.75, 3.05) is 79.0 Å². The predicted octanol–water partition coefficient (Wildman–Crippen LogP) is 2.72. The number of amides is 4. The Hall–Kier alpha value is -2.81. The van der Waals surface area contributed by atoms with Crippen LogP contribution in [0.3, 0.4) is 0 Å². The Balaban J connectivity index is 3.35. The zero-order valence-corrected chi connectivity index (χ0v) is 29.9. The summed E-state index contributed by atoms with van der Waals surface area (Å²) in [6, 6.07) is 0. The monoisotopic (exact) mass is 686 g/mol. The van der Waals surface area contributed by atoms with E-state index >= 15 is 0 Å². The molecule has 0 heterocycles. The Bertz CT molecular complexity index is 842. The van der Waals surface area contributed by atoms with Gasteiger partial charge in [0, 0.05) is 65.1 Å². The zero-order valence-electron chi connectivity index (χ0n) is 29.9. The molecule has 0 fully saturated rings. The molecule has 0 atom stereocenters. The number of oxime groups is 1. The number of carbonyl (C=O) groups excluding carboxylic acids is 4. The fourth-order valence-electron chi connectivity index (χ4n) is 4.22. The van der Waals surface area contributed by atoms with Gasteiger partial charge in [0.1, 0.15) is 6.61 Å². The molecule has 0 saturated heterocycles. The van der Waals surface area contributed by atoms with Crippen molar-refractivity contribution in [2.24, 2.45) is 10.9 Å². The molecule has 0 aliphatic carbocycles. The van der Waals surface area contributed by atoms with Crippen molar-refractivity contribution in [1.29, 1.82) is 0 Å². The van der Waals surface area contributed by atoms with Crippen molar-refractivity contribution in [3.63, 3.8) is 0 Å². The third kappa shape index (κ3) is 36.0. The number of nitrogens with zero attached hydrogens (tertiary/aromatic N) is 1.